The summed E-state index contributed by atoms with van der Waals surface area (Å²) in [5.74, 6) is 1.57. The van der Waals surface area contributed by atoms with Crippen LogP contribution in [-0.2, 0) is 6.54 Å². The molecule has 0 atom stereocenters. The second-order valence-corrected chi connectivity index (χ2v) is 9.25. The molecule has 0 radical (unpaired) electrons. The first-order valence-corrected chi connectivity index (χ1v) is 12.5. The Balaban J connectivity index is 1.32. The second-order valence-electron chi connectivity index (χ2n) is 8.33. The van der Waals surface area contributed by atoms with Crippen molar-refractivity contribution in [1.82, 2.24) is 9.55 Å². The molecule has 0 saturated heterocycles. The molecule has 5 rings (SSSR count). The largest absolute Gasteiger partial charge is 0.493 e. The van der Waals surface area contributed by atoms with Gasteiger partial charge in [0.1, 0.15) is 11.6 Å². The Bertz CT molecular complexity index is 1500. The summed E-state index contributed by atoms with van der Waals surface area (Å²) < 4.78 is 8.93. The van der Waals surface area contributed by atoms with Crippen LogP contribution in [0.4, 0.5) is 0 Å². The topological polar surface area (TPSA) is 44.1 Å². The average Bonchev–Trinajstić information content (AvgIpc) is 2.91. The number of aromatic nitrogens is 2. The number of hydrogen-bond donors (Lipinski definition) is 0. The molecule has 0 unspecified atom stereocenters. The maximum absolute atomic E-state index is 13.4. The van der Waals surface area contributed by atoms with Gasteiger partial charge in [-0.25, -0.2) is 4.98 Å². The molecule has 4 nitrogen and oxygen atoms in total. The predicted octanol–water partition coefficient (Wildman–Crippen LogP) is 7.35. The van der Waals surface area contributed by atoms with Crippen molar-refractivity contribution in [3.05, 3.63) is 118 Å². The van der Waals surface area contributed by atoms with Gasteiger partial charge in [0.05, 0.1) is 17.5 Å². The SMILES string of the molecule is O=c1c2ccccc2nc(-c2ccc(Br)cc2)n1CCCCOc1ccccc1-c1ccccc1. The van der Waals surface area contributed by atoms with E-state index >= 15 is 0 Å². The van der Waals surface area contributed by atoms with Gasteiger partial charge in [-0.15, -0.1) is 0 Å². The van der Waals surface area contributed by atoms with Gasteiger partial charge in [0.2, 0.25) is 0 Å². The molecule has 35 heavy (non-hydrogen) atoms. The summed E-state index contributed by atoms with van der Waals surface area (Å²) in [6.07, 6.45) is 1.62. The fourth-order valence-electron chi connectivity index (χ4n) is 4.20. The molecule has 5 heteroatoms. The summed E-state index contributed by atoms with van der Waals surface area (Å²) in [6.45, 7) is 1.15. The van der Waals surface area contributed by atoms with Gasteiger partial charge in [-0.05, 0) is 48.7 Å². The molecule has 174 valence electrons. The number of ether oxygens (including phenoxy) is 1. The van der Waals surface area contributed by atoms with Crippen LogP contribution in [0.15, 0.2) is 112 Å². The normalized spacial score (nSPS) is 11.0. The molecule has 1 aromatic heterocycles. The smallest absolute Gasteiger partial charge is 0.261 e. The van der Waals surface area contributed by atoms with Crippen molar-refractivity contribution in [2.24, 2.45) is 0 Å². The number of fused-ring (bicyclic) bond motifs is 1. The molecule has 0 amide bonds. The highest BCUT2D eigenvalue weighted by atomic mass is 79.9. The Morgan fingerprint density at radius 1 is 0.743 bits per heavy atom. The third-order valence-electron chi connectivity index (χ3n) is 5.97. The summed E-state index contributed by atoms with van der Waals surface area (Å²) in [4.78, 5) is 18.2. The number of para-hydroxylation sites is 2. The van der Waals surface area contributed by atoms with E-state index in [1.54, 1.807) is 4.57 Å². The van der Waals surface area contributed by atoms with Crippen LogP contribution in [0.2, 0.25) is 0 Å². The van der Waals surface area contributed by atoms with Gasteiger partial charge in [0, 0.05) is 22.1 Å². The maximum atomic E-state index is 13.4. The number of nitrogens with zero attached hydrogens (tertiary/aromatic N) is 2. The Kier molecular flexibility index (Phi) is 7.05. The summed E-state index contributed by atoms with van der Waals surface area (Å²) in [7, 11) is 0. The Labute approximate surface area is 213 Å². The minimum Gasteiger partial charge on any atom is -0.493 e. The summed E-state index contributed by atoms with van der Waals surface area (Å²) in [5, 5.41) is 0.640. The van der Waals surface area contributed by atoms with Crippen LogP contribution in [-0.4, -0.2) is 16.2 Å². The first kappa shape index (κ1) is 23.1. The Morgan fingerprint density at radius 2 is 1.46 bits per heavy atom. The monoisotopic (exact) mass is 524 g/mol. The van der Waals surface area contributed by atoms with E-state index in [0.29, 0.717) is 29.9 Å². The Hall–Kier alpha value is -3.70. The van der Waals surface area contributed by atoms with E-state index in [9.17, 15) is 4.79 Å². The molecule has 0 fully saturated rings. The lowest BCUT2D eigenvalue weighted by Gasteiger charge is -2.15. The van der Waals surface area contributed by atoms with E-state index in [0.717, 1.165) is 39.8 Å². The van der Waals surface area contributed by atoms with E-state index < -0.39 is 0 Å². The molecule has 0 aliphatic carbocycles. The first-order chi connectivity index (χ1) is 17.2. The van der Waals surface area contributed by atoms with E-state index in [1.807, 2.05) is 84.9 Å². The van der Waals surface area contributed by atoms with Crippen molar-refractivity contribution in [2.75, 3.05) is 6.61 Å². The van der Waals surface area contributed by atoms with Crippen LogP contribution in [0.25, 0.3) is 33.4 Å². The van der Waals surface area contributed by atoms with Gasteiger partial charge in [0.25, 0.3) is 5.56 Å². The number of benzene rings is 4. The molecule has 4 aromatic carbocycles. The summed E-state index contributed by atoms with van der Waals surface area (Å²) >= 11 is 3.49. The molecule has 0 aliphatic rings. The summed E-state index contributed by atoms with van der Waals surface area (Å²) in [6, 6.07) is 33.8. The lowest BCUT2D eigenvalue weighted by molar-refractivity contribution is 0.304. The van der Waals surface area contributed by atoms with Gasteiger partial charge < -0.3 is 4.74 Å². The van der Waals surface area contributed by atoms with Crippen molar-refractivity contribution in [2.45, 2.75) is 19.4 Å². The van der Waals surface area contributed by atoms with Crippen LogP contribution in [0.1, 0.15) is 12.8 Å². The van der Waals surface area contributed by atoms with Gasteiger partial charge in [-0.2, -0.15) is 0 Å². The van der Waals surface area contributed by atoms with Crippen LogP contribution >= 0.6 is 15.9 Å². The summed E-state index contributed by atoms with van der Waals surface area (Å²) in [5.41, 5.74) is 3.84. The van der Waals surface area contributed by atoms with Gasteiger partial charge in [0.15, 0.2) is 0 Å². The number of hydrogen-bond acceptors (Lipinski definition) is 3. The van der Waals surface area contributed by atoms with Crippen LogP contribution in [0.5, 0.6) is 5.75 Å². The number of unbranched alkanes of at least 4 members (excludes halogenated alkanes) is 1. The number of rotatable bonds is 8. The van der Waals surface area contributed by atoms with Crippen molar-refractivity contribution in [3.63, 3.8) is 0 Å². The highest BCUT2D eigenvalue weighted by Crippen LogP contribution is 2.29. The molecule has 0 spiro atoms. The molecule has 5 aromatic rings. The van der Waals surface area contributed by atoms with Crippen LogP contribution in [0.3, 0.4) is 0 Å². The van der Waals surface area contributed by atoms with Crippen LogP contribution in [0, 0.1) is 0 Å². The minimum absolute atomic E-state index is 0.0103. The fourth-order valence-corrected chi connectivity index (χ4v) is 4.46. The standard InChI is InChI=1S/C30H25BrN2O2/c31-24-18-16-23(17-19-24)29-32-27-14-6-4-13-26(27)30(34)33(29)20-8-9-21-35-28-15-7-5-12-25(28)22-10-2-1-3-11-22/h1-7,10-19H,8-9,20-21H2. The van der Waals surface area contributed by atoms with Crippen molar-refractivity contribution < 1.29 is 4.74 Å². The van der Waals surface area contributed by atoms with Crippen molar-refractivity contribution in [1.29, 1.82) is 0 Å². The molecule has 1 heterocycles. The third kappa shape index (κ3) is 5.20. The molecule has 0 aliphatic heterocycles. The molecular formula is C30H25BrN2O2. The second kappa shape index (κ2) is 10.7. The quantitative estimate of drug-likeness (QED) is 0.199. The van der Waals surface area contributed by atoms with E-state index in [-0.39, 0.29) is 5.56 Å². The zero-order valence-electron chi connectivity index (χ0n) is 19.2. The predicted molar refractivity (Wildman–Crippen MR) is 146 cm³/mol. The van der Waals surface area contributed by atoms with Crippen molar-refractivity contribution in [3.8, 4) is 28.3 Å². The first-order valence-electron chi connectivity index (χ1n) is 11.7. The highest BCUT2D eigenvalue weighted by molar-refractivity contribution is 9.10. The zero-order chi connectivity index (χ0) is 24.0. The van der Waals surface area contributed by atoms with Gasteiger partial charge in [-0.3, -0.25) is 9.36 Å². The van der Waals surface area contributed by atoms with E-state index in [4.69, 9.17) is 9.72 Å². The molecular weight excluding hydrogens is 500 g/mol. The van der Waals surface area contributed by atoms with E-state index in [2.05, 4.69) is 34.1 Å². The Morgan fingerprint density at radius 3 is 2.29 bits per heavy atom. The number of halogens is 1. The molecule has 0 bridgehead atoms. The molecule has 0 saturated carbocycles. The van der Waals surface area contributed by atoms with Crippen molar-refractivity contribution >= 4 is 26.8 Å². The van der Waals surface area contributed by atoms with Gasteiger partial charge in [-0.1, -0.05) is 88.7 Å². The maximum Gasteiger partial charge on any atom is 0.261 e. The van der Waals surface area contributed by atoms with E-state index in [1.165, 1.54) is 0 Å². The zero-order valence-corrected chi connectivity index (χ0v) is 20.8. The lowest BCUT2D eigenvalue weighted by atomic mass is 10.1. The highest BCUT2D eigenvalue weighted by Gasteiger charge is 2.13. The van der Waals surface area contributed by atoms with Crippen LogP contribution < -0.4 is 10.3 Å². The molecule has 0 N–H and O–H groups in total. The third-order valence-corrected chi connectivity index (χ3v) is 6.50. The fraction of sp³-hybridized carbons (Fsp3) is 0.133. The average molecular weight is 525 g/mol. The lowest BCUT2D eigenvalue weighted by Crippen LogP contribution is -2.24. The van der Waals surface area contributed by atoms with Gasteiger partial charge >= 0.3 is 0 Å². The minimum atomic E-state index is -0.0103.